The van der Waals surface area contributed by atoms with Gasteiger partial charge in [0.2, 0.25) is 0 Å². The van der Waals surface area contributed by atoms with Gasteiger partial charge in [-0.05, 0) is 42.5 Å². The van der Waals surface area contributed by atoms with E-state index in [1.54, 1.807) is 24.3 Å². The van der Waals surface area contributed by atoms with Crippen LogP contribution in [0, 0.1) is 0 Å². The molecule has 3 aromatic carbocycles. The number of para-hydroxylation sites is 1. The van der Waals surface area contributed by atoms with Crippen LogP contribution in [-0.2, 0) is 16.2 Å². The second-order valence-electron chi connectivity index (χ2n) is 5.98. The van der Waals surface area contributed by atoms with E-state index in [-0.39, 0.29) is 12.5 Å². The van der Waals surface area contributed by atoms with E-state index >= 15 is 0 Å². The predicted molar refractivity (Wildman–Crippen MR) is 116 cm³/mol. The van der Waals surface area contributed by atoms with Gasteiger partial charge < -0.3 is 14.9 Å². The maximum absolute atomic E-state index is 11.9. The molecule has 0 bridgehead atoms. The van der Waals surface area contributed by atoms with Gasteiger partial charge in [0.1, 0.15) is 12.4 Å². The molecule has 0 heterocycles. The van der Waals surface area contributed by atoms with Crippen molar-refractivity contribution >= 4 is 41.0 Å². The Hall–Kier alpha value is -3.02. The number of oxime groups is 1. The van der Waals surface area contributed by atoms with Crippen molar-refractivity contribution in [2.75, 3.05) is 11.9 Å². The lowest BCUT2D eigenvalue weighted by atomic mass is 10.2. The van der Waals surface area contributed by atoms with Gasteiger partial charge in [-0.2, -0.15) is 0 Å². The molecular weight excluding hydrogens is 411 g/mol. The molecule has 3 rings (SSSR count). The predicted octanol–water partition coefficient (Wildman–Crippen LogP) is 5.56. The fourth-order valence-electron chi connectivity index (χ4n) is 2.41. The fourth-order valence-corrected chi connectivity index (χ4v) is 2.73. The third kappa shape index (κ3) is 6.52. The number of hydrogen-bond donors (Lipinski definition) is 1. The van der Waals surface area contributed by atoms with E-state index in [9.17, 15) is 4.79 Å². The molecule has 0 unspecified atom stereocenters. The van der Waals surface area contributed by atoms with Gasteiger partial charge in [-0.25, -0.2) is 0 Å². The molecule has 0 saturated heterocycles. The lowest BCUT2D eigenvalue weighted by molar-refractivity contribution is -0.120. The summed E-state index contributed by atoms with van der Waals surface area (Å²) in [5.74, 6) is 0.304. The summed E-state index contributed by atoms with van der Waals surface area (Å²) in [6, 6.07) is 21.7. The molecule has 0 fully saturated rings. The van der Waals surface area contributed by atoms with Crippen LogP contribution in [0.25, 0.3) is 0 Å². The summed E-state index contributed by atoms with van der Waals surface area (Å²) in [6.07, 6.45) is 1.50. The Morgan fingerprint density at radius 1 is 0.966 bits per heavy atom. The minimum atomic E-state index is -0.326. The number of rotatable bonds is 8. The van der Waals surface area contributed by atoms with Crippen molar-refractivity contribution in [1.82, 2.24) is 0 Å². The summed E-state index contributed by atoms with van der Waals surface area (Å²) in [5, 5.41) is 7.79. The summed E-state index contributed by atoms with van der Waals surface area (Å²) in [4.78, 5) is 17.0. The number of nitrogens with zero attached hydrogens (tertiary/aromatic N) is 1. The molecule has 1 amide bonds. The number of hydrogen-bond acceptors (Lipinski definition) is 4. The van der Waals surface area contributed by atoms with Crippen LogP contribution in [0.2, 0.25) is 10.0 Å². The number of carbonyl (C=O) groups excluding carboxylic acids is 1. The summed E-state index contributed by atoms with van der Waals surface area (Å²) < 4.78 is 5.85. The zero-order chi connectivity index (χ0) is 20.5. The van der Waals surface area contributed by atoms with Crippen LogP contribution in [0.1, 0.15) is 11.1 Å². The van der Waals surface area contributed by atoms with Crippen LogP contribution in [0.4, 0.5) is 5.69 Å². The average molecular weight is 429 g/mol. The molecule has 0 aliphatic rings. The van der Waals surface area contributed by atoms with Crippen molar-refractivity contribution in [2.45, 2.75) is 6.61 Å². The van der Waals surface area contributed by atoms with Crippen molar-refractivity contribution in [3.05, 3.63) is 94.0 Å². The third-order valence-electron chi connectivity index (χ3n) is 3.85. The molecule has 0 radical (unpaired) electrons. The smallest absolute Gasteiger partial charge is 0.265 e. The van der Waals surface area contributed by atoms with Crippen LogP contribution in [0.15, 0.2) is 78.0 Å². The Bertz CT molecular complexity index is 991. The first-order chi connectivity index (χ1) is 14.1. The second kappa shape index (κ2) is 10.5. The summed E-state index contributed by atoms with van der Waals surface area (Å²) >= 11 is 12.0. The maximum atomic E-state index is 11.9. The molecular formula is C22H18Cl2N2O3. The van der Waals surface area contributed by atoms with Crippen LogP contribution in [0.3, 0.4) is 0 Å². The number of ether oxygens (including phenoxy) is 1. The molecule has 148 valence electrons. The van der Waals surface area contributed by atoms with Gasteiger partial charge >= 0.3 is 0 Å². The molecule has 29 heavy (non-hydrogen) atoms. The monoisotopic (exact) mass is 428 g/mol. The highest BCUT2D eigenvalue weighted by molar-refractivity contribution is 6.31. The van der Waals surface area contributed by atoms with Crippen LogP contribution in [-0.4, -0.2) is 18.7 Å². The number of carbonyl (C=O) groups is 1. The highest BCUT2D eigenvalue weighted by Crippen LogP contribution is 2.21. The maximum Gasteiger partial charge on any atom is 0.265 e. The molecule has 5 nitrogen and oxygen atoms in total. The molecule has 3 aromatic rings. The summed E-state index contributed by atoms with van der Waals surface area (Å²) in [5.41, 5.74) is 2.24. The zero-order valence-corrected chi connectivity index (χ0v) is 16.9. The highest BCUT2D eigenvalue weighted by atomic mass is 35.5. The molecule has 0 aromatic heterocycles. The summed E-state index contributed by atoms with van der Waals surface area (Å²) in [7, 11) is 0. The molecule has 1 N–H and O–H groups in total. The van der Waals surface area contributed by atoms with Gasteiger partial charge in [0.25, 0.3) is 5.91 Å². The van der Waals surface area contributed by atoms with Gasteiger partial charge in [0.15, 0.2) is 6.61 Å². The van der Waals surface area contributed by atoms with Crippen molar-refractivity contribution < 1.29 is 14.4 Å². The Morgan fingerprint density at radius 2 is 1.69 bits per heavy atom. The number of halogens is 2. The molecule has 0 aliphatic carbocycles. The number of nitrogens with one attached hydrogen (secondary N) is 1. The second-order valence-corrected chi connectivity index (χ2v) is 6.82. The largest absolute Gasteiger partial charge is 0.488 e. The van der Waals surface area contributed by atoms with Crippen molar-refractivity contribution in [3.63, 3.8) is 0 Å². The van der Waals surface area contributed by atoms with Gasteiger partial charge in [-0.1, -0.05) is 58.7 Å². The minimum Gasteiger partial charge on any atom is -0.488 e. The number of benzene rings is 3. The van der Waals surface area contributed by atoms with Gasteiger partial charge in [-0.15, -0.1) is 0 Å². The van der Waals surface area contributed by atoms with Gasteiger partial charge in [0.05, 0.1) is 6.21 Å². The molecule has 0 aliphatic heterocycles. The van der Waals surface area contributed by atoms with Crippen LogP contribution >= 0.6 is 23.2 Å². The quantitative estimate of drug-likeness (QED) is 0.377. The van der Waals surface area contributed by atoms with E-state index < -0.39 is 0 Å². The van der Waals surface area contributed by atoms with Crippen molar-refractivity contribution in [3.8, 4) is 5.75 Å². The summed E-state index contributed by atoms with van der Waals surface area (Å²) in [6.45, 7) is 0.108. The van der Waals surface area contributed by atoms with Crippen LogP contribution in [0.5, 0.6) is 5.75 Å². The van der Waals surface area contributed by atoms with E-state index in [0.29, 0.717) is 28.1 Å². The van der Waals surface area contributed by atoms with E-state index in [2.05, 4.69) is 10.5 Å². The third-order valence-corrected chi connectivity index (χ3v) is 4.47. The zero-order valence-electron chi connectivity index (χ0n) is 15.3. The lowest BCUT2D eigenvalue weighted by Crippen LogP contribution is -2.16. The first-order valence-corrected chi connectivity index (χ1v) is 9.53. The minimum absolute atomic E-state index is 0.220. The van der Waals surface area contributed by atoms with E-state index in [1.807, 2.05) is 48.5 Å². The molecule has 0 spiro atoms. The molecule has 0 atom stereocenters. The standard InChI is InChI=1S/C22H18Cl2N2O3/c23-18-9-11-19(12-10-18)26-22(27)15-29-25-13-16-5-2-4-8-21(16)28-14-17-6-1-3-7-20(17)24/h1-13H,14-15H2,(H,26,27). The fraction of sp³-hybridized carbons (Fsp3) is 0.0909. The topological polar surface area (TPSA) is 59.9 Å². The molecule has 0 saturated carbocycles. The van der Waals surface area contributed by atoms with E-state index in [4.69, 9.17) is 32.8 Å². The van der Waals surface area contributed by atoms with Gasteiger partial charge in [-0.3, -0.25) is 4.79 Å². The average Bonchev–Trinajstić information content (AvgIpc) is 2.73. The number of anilines is 1. The molecule has 7 heteroatoms. The van der Waals surface area contributed by atoms with Crippen molar-refractivity contribution in [1.29, 1.82) is 0 Å². The normalized spacial score (nSPS) is 10.7. The highest BCUT2D eigenvalue weighted by Gasteiger charge is 2.05. The van der Waals surface area contributed by atoms with E-state index in [0.717, 1.165) is 11.1 Å². The lowest BCUT2D eigenvalue weighted by Gasteiger charge is -2.10. The Kier molecular flexibility index (Phi) is 7.50. The van der Waals surface area contributed by atoms with Crippen molar-refractivity contribution in [2.24, 2.45) is 5.16 Å². The van der Waals surface area contributed by atoms with E-state index in [1.165, 1.54) is 6.21 Å². The first kappa shape index (κ1) is 20.7. The van der Waals surface area contributed by atoms with Gasteiger partial charge in [0, 0.05) is 26.9 Å². The Labute approximate surface area is 178 Å². The Morgan fingerprint density at radius 3 is 2.48 bits per heavy atom. The number of amides is 1. The SMILES string of the molecule is O=C(CON=Cc1ccccc1OCc1ccccc1Cl)Nc1ccc(Cl)cc1. The van der Waals surface area contributed by atoms with Crippen LogP contribution < -0.4 is 10.1 Å². The Balaban J connectivity index is 1.52. The first-order valence-electron chi connectivity index (χ1n) is 8.78.